The van der Waals surface area contributed by atoms with Crippen molar-refractivity contribution in [3.05, 3.63) is 17.7 Å². The number of piperidine rings is 1. The molecule has 0 amide bonds. The van der Waals surface area contributed by atoms with Crippen LogP contribution in [-0.4, -0.2) is 26.5 Å². The van der Waals surface area contributed by atoms with Gasteiger partial charge in [-0.1, -0.05) is 11.6 Å². The second kappa shape index (κ2) is 4.53. The summed E-state index contributed by atoms with van der Waals surface area (Å²) in [4.78, 5) is 4.48. The molecule has 96 valence electrons. The van der Waals surface area contributed by atoms with Crippen molar-refractivity contribution in [3.8, 4) is 11.5 Å². The van der Waals surface area contributed by atoms with Gasteiger partial charge in [-0.25, -0.2) is 0 Å². The van der Waals surface area contributed by atoms with Gasteiger partial charge in [0.1, 0.15) is 0 Å². The maximum atomic E-state index is 5.34. The highest BCUT2D eigenvalue weighted by molar-refractivity contribution is 5.54. The van der Waals surface area contributed by atoms with E-state index >= 15 is 0 Å². The van der Waals surface area contributed by atoms with Crippen LogP contribution in [0.1, 0.15) is 36.8 Å². The number of aromatic nitrogens is 4. The molecule has 18 heavy (non-hydrogen) atoms. The van der Waals surface area contributed by atoms with Gasteiger partial charge in [0, 0.05) is 12.7 Å². The molecule has 0 radical (unpaired) electrons. The van der Waals surface area contributed by atoms with Crippen LogP contribution in [0.15, 0.2) is 10.7 Å². The third kappa shape index (κ3) is 1.92. The van der Waals surface area contributed by atoms with E-state index in [1.54, 1.807) is 10.9 Å². The van der Waals surface area contributed by atoms with E-state index in [1.807, 2.05) is 14.0 Å². The van der Waals surface area contributed by atoms with Crippen LogP contribution in [0.25, 0.3) is 11.5 Å². The van der Waals surface area contributed by atoms with E-state index in [2.05, 4.69) is 20.6 Å². The van der Waals surface area contributed by atoms with Crippen LogP contribution in [0.2, 0.25) is 0 Å². The predicted molar refractivity (Wildman–Crippen MR) is 65.8 cm³/mol. The lowest BCUT2D eigenvalue weighted by molar-refractivity contribution is 0.367. The number of rotatable bonds is 2. The number of hydrogen-bond donors (Lipinski definition) is 1. The molecule has 1 unspecified atom stereocenters. The Morgan fingerprint density at radius 1 is 1.44 bits per heavy atom. The van der Waals surface area contributed by atoms with Crippen LogP contribution in [0.4, 0.5) is 0 Å². The van der Waals surface area contributed by atoms with Gasteiger partial charge in [-0.3, -0.25) is 4.68 Å². The molecular formula is C12H17N5O. The normalized spacial score (nSPS) is 20.2. The Hall–Kier alpha value is -1.69. The van der Waals surface area contributed by atoms with Crippen LogP contribution >= 0.6 is 0 Å². The Balaban J connectivity index is 1.87. The van der Waals surface area contributed by atoms with Crippen LogP contribution in [0.5, 0.6) is 0 Å². The largest absolute Gasteiger partial charge is 0.334 e. The zero-order valence-electron chi connectivity index (χ0n) is 10.7. The second-order valence-electron chi connectivity index (χ2n) is 4.73. The summed E-state index contributed by atoms with van der Waals surface area (Å²) in [6, 6.07) is 0.230. The molecule has 0 bridgehead atoms. The fourth-order valence-electron chi connectivity index (χ4n) is 2.27. The monoisotopic (exact) mass is 247 g/mol. The van der Waals surface area contributed by atoms with Gasteiger partial charge in [-0.2, -0.15) is 10.1 Å². The van der Waals surface area contributed by atoms with Crippen molar-refractivity contribution in [1.29, 1.82) is 0 Å². The summed E-state index contributed by atoms with van der Waals surface area (Å²) in [7, 11) is 1.90. The molecule has 1 aliphatic heterocycles. The van der Waals surface area contributed by atoms with E-state index in [9.17, 15) is 0 Å². The highest BCUT2D eigenvalue weighted by atomic mass is 16.5. The number of hydrogen-bond acceptors (Lipinski definition) is 5. The summed E-state index contributed by atoms with van der Waals surface area (Å²) in [6.07, 6.45) is 5.28. The minimum absolute atomic E-state index is 0.230. The fraction of sp³-hybridized carbons (Fsp3) is 0.583. The standard InChI is InChI=1S/C12H17N5O/c1-8-9(7-14-17(8)2)12-15-11(16-18-12)10-5-3-4-6-13-10/h7,10,13H,3-6H2,1-2H3. The van der Waals surface area contributed by atoms with E-state index in [4.69, 9.17) is 4.52 Å². The minimum Gasteiger partial charge on any atom is -0.334 e. The van der Waals surface area contributed by atoms with Crippen LogP contribution in [-0.2, 0) is 7.05 Å². The third-order valence-corrected chi connectivity index (χ3v) is 3.53. The summed E-state index contributed by atoms with van der Waals surface area (Å²) in [5.74, 6) is 1.32. The van der Waals surface area contributed by atoms with Gasteiger partial charge in [0.05, 0.1) is 17.8 Å². The van der Waals surface area contributed by atoms with E-state index in [0.717, 1.165) is 30.0 Å². The third-order valence-electron chi connectivity index (χ3n) is 3.53. The molecular weight excluding hydrogens is 230 g/mol. The van der Waals surface area contributed by atoms with Crippen molar-refractivity contribution in [2.45, 2.75) is 32.2 Å². The Labute approximate surface area is 105 Å². The highest BCUT2D eigenvalue weighted by Crippen LogP contribution is 2.25. The van der Waals surface area contributed by atoms with Crippen molar-refractivity contribution in [3.63, 3.8) is 0 Å². The Morgan fingerprint density at radius 3 is 3.00 bits per heavy atom. The molecule has 1 aliphatic rings. The van der Waals surface area contributed by atoms with Crippen molar-refractivity contribution in [2.75, 3.05) is 6.54 Å². The summed E-state index contributed by atoms with van der Waals surface area (Å²) < 4.78 is 7.15. The topological polar surface area (TPSA) is 68.8 Å². The molecule has 3 heterocycles. The maximum absolute atomic E-state index is 5.34. The summed E-state index contributed by atoms with van der Waals surface area (Å²) >= 11 is 0. The fourth-order valence-corrected chi connectivity index (χ4v) is 2.27. The molecule has 1 N–H and O–H groups in total. The molecule has 6 nitrogen and oxygen atoms in total. The van der Waals surface area contributed by atoms with Crippen molar-refractivity contribution >= 4 is 0 Å². The van der Waals surface area contributed by atoms with Crippen molar-refractivity contribution in [1.82, 2.24) is 25.2 Å². The molecule has 2 aromatic heterocycles. The lowest BCUT2D eigenvalue weighted by atomic mass is 10.0. The van der Waals surface area contributed by atoms with Gasteiger partial charge in [0.15, 0.2) is 5.82 Å². The molecule has 3 rings (SSSR count). The van der Waals surface area contributed by atoms with E-state index in [-0.39, 0.29) is 6.04 Å². The predicted octanol–water partition coefficient (Wildman–Crippen LogP) is 1.59. The summed E-state index contributed by atoms with van der Waals surface area (Å²) in [6.45, 7) is 3.02. The average Bonchev–Trinajstić information content (AvgIpc) is 3.00. The first-order chi connectivity index (χ1) is 8.75. The molecule has 0 saturated carbocycles. The first-order valence-electron chi connectivity index (χ1n) is 6.31. The Bertz CT molecular complexity index is 538. The lowest BCUT2D eigenvalue weighted by Gasteiger charge is -2.19. The van der Waals surface area contributed by atoms with Gasteiger partial charge in [-0.15, -0.1) is 0 Å². The van der Waals surface area contributed by atoms with Gasteiger partial charge in [0.25, 0.3) is 5.89 Å². The van der Waals surface area contributed by atoms with E-state index in [0.29, 0.717) is 5.89 Å². The molecule has 6 heteroatoms. The zero-order chi connectivity index (χ0) is 12.5. The molecule has 1 saturated heterocycles. The maximum Gasteiger partial charge on any atom is 0.261 e. The quantitative estimate of drug-likeness (QED) is 0.872. The molecule has 1 fully saturated rings. The van der Waals surface area contributed by atoms with Crippen LogP contribution in [0, 0.1) is 6.92 Å². The lowest BCUT2D eigenvalue weighted by Crippen LogP contribution is -2.27. The van der Waals surface area contributed by atoms with Crippen LogP contribution < -0.4 is 5.32 Å². The minimum atomic E-state index is 0.230. The second-order valence-corrected chi connectivity index (χ2v) is 4.73. The van der Waals surface area contributed by atoms with Crippen molar-refractivity contribution in [2.24, 2.45) is 7.05 Å². The molecule has 0 spiro atoms. The van der Waals surface area contributed by atoms with E-state index < -0.39 is 0 Å². The molecule has 2 aromatic rings. The van der Waals surface area contributed by atoms with Gasteiger partial charge < -0.3 is 9.84 Å². The van der Waals surface area contributed by atoms with Crippen molar-refractivity contribution < 1.29 is 4.52 Å². The SMILES string of the molecule is Cc1c(-c2nc(C3CCCCN3)no2)cnn1C. The first kappa shape index (κ1) is 11.4. The average molecular weight is 247 g/mol. The zero-order valence-corrected chi connectivity index (χ0v) is 10.7. The molecule has 1 atom stereocenters. The molecule has 0 aromatic carbocycles. The Kier molecular flexibility index (Phi) is 2.87. The Morgan fingerprint density at radius 2 is 2.33 bits per heavy atom. The first-order valence-corrected chi connectivity index (χ1v) is 6.31. The smallest absolute Gasteiger partial charge is 0.261 e. The number of aryl methyl sites for hydroxylation is 1. The van der Waals surface area contributed by atoms with Crippen LogP contribution in [0.3, 0.4) is 0 Å². The summed E-state index contributed by atoms with van der Waals surface area (Å²) in [5, 5.41) is 11.7. The van der Waals surface area contributed by atoms with Gasteiger partial charge >= 0.3 is 0 Å². The number of nitrogens with zero attached hydrogens (tertiary/aromatic N) is 4. The van der Waals surface area contributed by atoms with Gasteiger partial charge in [-0.05, 0) is 26.3 Å². The van der Waals surface area contributed by atoms with E-state index in [1.165, 1.54) is 12.8 Å². The molecule has 0 aliphatic carbocycles. The number of nitrogens with one attached hydrogen (secondary N) is 1. The highest BCUT2D eigenvalue weighted by Gasteiger charge is 2.22. The van der Waals surface area contributed by atoms with Gasteiger partial charge in [0.2, 0.25) is 0 Å². The summed E-state index contributed by atoms with van der Waals surface area (Å²) in [5.41, 5.74) is 1.94.